The number of carbonyl (C=O) groups excluding carboxylic acids is 3. The van der Waals surface area contributed by atoms with E-state index in [1.54, 1.807) is 44.6 Å². The molecular formula is C24H24N2O5S. The average molecular weight is 453 g/mol. The van der Waals surface area contributed by atoms with Crippen molar-refractivity contribution in [2.45, 2.75) is 6.92 Å². The number of aryl methyl sites for hydroxylation is 1. The number of nitrogens with one attached hydrogen (secondary N) is 1. The Balaban J connectivity index is 1.54. The first-order valence-electron chi connectivity index (χ1n) is 9.90. The van der Waals surface area contributed by atoms with Crippen molar-refractivity contribution in [2.75, 3.05) is 27.3 Å². The molecule has 1 N–H and O–H groups in total. The standard InChI is InChI=1S/C24H24N2O5S/c1-16-4-6-17(7-5-16)14-21-23(28)26(24(29)32-21)11-10-25-22(27)9-8-18-12-19(30-2)15-20(13-18)31-3/h4-9,12-15H,10-11H2,1-3H3,(H,25,27)/b9-8+,21-14-. The molecule has 0 bridgehead atoms. The number of ether oxygens (including phenoxy) is 2. The Morgan fingerprint density at radius 1 is 1.03 bits per heavy atom. The SMILES string of the molecule is COc1cc(/C=C/C(=O)NCCN2C(=O)S/C(=C\c3ccc(C)cc3)C2=O)cc(OC)c1. The van der Waals surface area contributed by atoms with Crippen molar-refractivity contribution < 1.29 is 23.9 Å². The van der Waals surface area contributed by atoms with Gasteiger partial charge in [0.05, 0.1) is 19.1 Å². The number of nitrogens with zero attached hydrogens (tertiary/aromatic N) is 1. The van der Waals surface area contributed by atoms with Crippen LogP contribution in [0.25, 0.3) is 12.2 Å². The third kappa shape index (κ3) is 6.01. The highest BCUT2D eigenvalue weighted by atomic mass is 32.2. The quantitative estimate of drug-likeness (QED) is 0.612. The van der Waals surface area contributed by atoms with Gasteiger partial charge in [0.2, 0.25) is 5.91 Å². The highest BCUT2D eigenvalue weighted by Crippen LogP contribution is 2.31. The molecule has 1 fully saturated rings. The number of amides is 3. The fourth-order valence-corrected chi connectivity index (χ4v) is 3.82. The maximum Gasteiger partial charge on any atom is 0.293 e. The lowest BCUT2D eigenvalue weighted by Crippen LogP contribution is -2.36. The summed E-state index contributed by atoms with van der Waals surface area (Å²) in [7, 11) is 3.10. The summed E-state index contributed by atoms with van der Waals surface area (Å²) in [5.41, 5.74) is 2.71. The van der Waals surface area contributed by atoms with Gasteiger partial charge in [-0.1, -0.05) is 29.8 Å². The van der Waals surface area contributed by atoms with E-state index in [1.807, 2.05) is 31.2 Å². The van der Waals surface area contributed by atoms with Gasteiger partial charge in [0, 0.05) is 25.2 Å². The van der Waals surface area contributed by atoms with Crippen LogP contribution in [0.15, 0.2) is 53.4 Å². The summed E-state index contributed by atoms with van der Waals surface area (Å²) in [4.78, 5) is 38.4. The molecule has 1 aliphatic heterocycles. The van der Waals surface area contributed by atoms with Gasteiger partial charge in [-0.2, -0.15) is 0 Å². The molecule has 0 aliphatic carbocycles. The Morgan fingerprint density at radius 2 is 1.69 bits per heavy atom. The van der Waals surface area contributed by atoms with Crippen molar-refractivity contribution in [3.8, 4) is 11.5 Å². The van der Waals surface area contributed by atoms with Crippen LogP contribution >= 0.6 is 11.8 Å². The Labute approximate surface area is 191 Å². The lowest BCUT2D eigenvalue weighted by atomic mass is 10.1. The Hall–Kier alpha value is -3.52. The molecule has 1 saturated heterocycles. The summed E-state index contributed by atoms with van der Waals surface area (Å²) in [6.45, 7) is 2.23. The molecule has 0 spiro atoms. The summed E-state index contributed by atoms with van der Waals surface area (Å²) in [5.74, 6) is 0.535. The number of thioether (sulfide) groups is 1. The van der Waals surface area contributed by atoms with Crippen molar-refractivity contribution in [3.63, 3.8) is 0 Å². The first-order valence-corrected chi connectivity index (χ1v) is 10.7. The number of imide groups is 1. The smallest absolute Gasteiger partial charge is 0.293 e. The summed E-state index contributed by atoms with van der Waals surface area (Å²) >= 11 is 0.902. The topological polar surface area (TPSA) is 84.9 Å². The molecule has 1 aliphatic rings. The van der Waals surface area contributed by atoms with Crippen LogP contribution in [0, 0.1) is 6.92 Å². The molecule has 166 valence electrons. The van der Waals surface area contributed by atoms with E-state index in [-0.39, 0.29) is 30.1 Å². The molecule has 2 aromatic carbocycles. The zero-order chi connectivity index (χ0) is 23.1. The molecule has 32 heavy (non-hydrogen) atoms. The van der Waals surface area contributed by atoms with E-state index < -0.39 is 0 Å². The highest BCUT2D eigenvalue weighted by molar-refractivity contribution is 8.18. The van der Waals surface area contributed by atoms with Crippen LogP contribution in [0.1, 0.15) is 16.7 Å². The van der Waals surface area contributed by atoms with E-state index in [0.717, 1.165) is 33.4 Å². The minimum atomic E-state index is -0.353. The van der Waals surface area contributed by atoms with E-state index in [4.69, 9.17) is 9.47 Å². The molecular weight excluding hydrogens is 428 g/mol. The Bertz CT molecular complexity index is 1050. The van der Waals surface area contributed by atoms with Crippen molar-refractivity contribution in [1.82, 2.24) is 10.2 Å². The highest BCUT2D eigenvalue weighted by Gasteiger charge is 2.34. The first-order chi connectivity index (χ1) is 15.4. The van der Waals surface area contributed by atoms with Crippen molar-refractivity contribution in [1.29, 1.82) is 0 Å². The monoisotopic (exact) mass is 452 g/mol. The predicted molar refractivity (Wildman–Crippen MR) is 125 cm³/mol. The van der Waals surface area contributed by atoms with Crippen LogP contribution in [-0.4, -0.2) is 49.3 Å². The van der Waals surface area contributed by atoms with Gasteiger partial charge in [-0.3, -0.25) is 19.3 Å². The number of carbonyl (C=O) groups is 3. The summed E-state index contributed by atoms with van der Waals surface area (Å²) in [5, 5.41) is 2.34. The summed E-state index contributed by atoms with van der Waals surface area (Å²) < 4.78 is 10.4. The second-order valence-electron chi connectivity index (χ2n) is 7.01. The fraction of sp³-hybridized carbons (Fsp3) is 0.208. The normalized spacial score (nSPS) is 15.0. The molecule has 7 nitrogen and oxygen atoms in total. The van der Waals surface area contributed by atoms with Crippen LogP contribution in [0.2, 0.25) is 0 Å². The van der Waals surface area contributed by atoms with Crippen LogP contribution in [0.3, 0.4) is 0 Å². The number of hydrogen-bond acceptors (Lipinski definition) is 6. The van der Waals surface area contributed by atoms with Crippen molar-refractivity contribution in [2.24, 2.45) is 0 Å². The fourth-order valence-electron chi connectivity index (χ4n) is 2.95. The molecule has 0 saturated carbocycles. The summed E-state index contributed by atoms with van der Waals surface area (Å²) in [6.07, 6.45) is 4.71. The van der Waals surface area contributed by atoms with Gasteiger partial charge in [-0.15, -0.1) is 0 Å². The molecule has 0 radical (unpaired) electrons. The van der Waals surface area contributed by atoms with Gasteiger partial charge < -0.3 is 14.8 Å². The maximum atomic E-state index is 12.6. The van der Waals surface area contributed by atoms with E-state index in [1.165, 1.54) is 6.08 Å². The van der Waals surface area contributed by atoms with Gasteiger partial charge in [0.25, 0.3) is 11.1 Å². The van der Waals surface area contributed by atoms with Gasteiger partial charge in [0.15, 0.2) is 0 Å². The Morgan fingerprint density at radius 3 is 2.31 bits per heavy atom. The van der Waals surface area contributed by atoms with Gasteiger partial charge in [-0.05, 0) is 54.1 Å². The second kappa shape index (κ2) is 10.7. The third-order valence-electron chi connectivity index (χ3n) is 4.68. The van der Waals surface area contributed by atoms with Crippen LogP contribution in [-0.2, 0) is 9.59 Å². The maximum absolute atomic E-state index is 12.6. The zero-order valence-corrected chi connectivity index (χ0v) is 18.9. The van der Waals surface area contributed by atoms with Gasteiger partial charge in [0.1, 0.15) is 11.5 Å². The molecule has 2 aromatic rings. The number of hydrogen-bond donors (Lipinski definition) is 1. The lowest BCUT2D eigenvalue weighted by molar-refractivity contribution is -0.123. The predicted octanol–water partition coefficient (Wildman–Crippen LogP) is 3.88. The van der Waals surface area contributed by atoms with Crippen LogP contribution < -0.4 is 14.8 Å². The van der Waals surface area contributed by atoms with Crippen molar-refractivity contribution in [3.05, 3.63) is 70.1 Å². The second-order valence-corrected chi connectivity index (χ2v) is 8.01. The van der Waals surface area contributed by atoms with E-state index in [2.05, 4.69) is 5.32 Å². The van der Waals surface area contributed by atoms with Crippen LogP contribution in [0.5, 0.6) is 11.5 Å². The van der Waals surface area contributed by atoms with Gasteiger partial charge >= 0.3 is 0 Å². The zero-order valence-electron chi connectivity index (χ0n) is 18.1. The minimum Gasteiger partial charge on any atom is -0.497 e. The number of methoxy groups -OCH3 is 2. The molecule has 0 atom stereocenters. The number of benzene rings is 2. The van der Waals surface area contributed by atoms with Gasteiger partial charge in [-0.25, -0.2) is 0 Å². The van der Waals surface area contributed by atoms with Crippen LogP contribution in [0.4, 0.5) is 4.79 Å². The molecule has 1 heterocycles. The molecule has 3 rings (SSSR count). The van der Waals surface area contributed by atoms with Crippen molar-refractivity contribution >= 4 is 41.0 Å². The Kier molecular flexibility index (Phi) is 7.72. The largest absolute Gasteiger partial charge is 0.497 e. The first kappa shape index (κ1) is 23.1. The molecule has 8 heteroatoms. The lowest BCUT2D eigenvalue weighted by Gasteiger charge is -2.12. The minimum absolute atomic E-state index is 0.0997. The average Bonchev–Trinajstić information content (AvgIpc) is 3.06. The molecule has 0 aromatic heterocycles. The van der Waals surface area contributed by atoms with E-state index >= 15 is 0 Å². The van der Waals surface area contributed by atoms with E-state index in [0.29, 0.717) is 16.4 Å². The molecule has 0 unspecified atom stereocenters. The summed E-state index contributed by atoms with van der Waals surface area (Å²) in [6, 6.07) is 13.0. The molecule has 3 amide bonds. The number of rotatable bonds is 8. The van der Waals surface area contributed by atoms with E-state index in [9.17, 15) is 14.4 Å². The third-order valence-corrected chi connectivity index (χ3v) is 5.59.